The zero-order valence-corrected chi connectivity index (χ0v) is 10.5. The number of likely N-dealkylation sites (tertiary alicyclic amines) is 1. The van der Waals surface area contributed by atoms with Gasteiger partial charge >= 0.3 is 0 Å². The van der Waals surface area contributed by atoms with Crippen LogP contribution in [0.2, 0.25) is 5.02 Å². The summed E-state index contributed by atoms with van der Waals surface area (Å²) in [7, 11) is 2.17. The highest BCUT2D eigenvalue weighted by atomic mass is 35.5. The highest BCUT2D eigenvalue weighted by molar-refractivity contribution is 6.30. The van der Waals surface area contributed by atoms with E-state index in [4.69, 9.17) is 17.3 Å². The van der Waals surface area contributed by atoms with Crippen LogP contribution >= 0.6 is 11.6 Å². The molecular formula is C13H19ClN2. The van der Waals surface area contributed by atoms with Gasteiger partial charge in [-0.25, -0.2) is 0 Å². The Morgan fingerprint density at radius 1 is 1.38 bits per heavy atom. The van der Waals surface area contributed by atoms with Crippen molar-refractivity contribution in [2.24, 2.45) is 5.73 Å². The summed E-state index contributed by atoms with van der Waals surface area (Å²) in [6.07, 6.45) is 2.25. The smallest absolute Gasteiger partial charge is 0.0408 e. The molecule has 0 radical (unpaired) electrons. The van der Waals surface area contributed by atoms with Crippen LogP contribution in [0, 0.1) is 0 Å². The van der Waals surface area contributed by atoms with E-state index in [1.807, 2.05) is 12.1 Å². The first-order valence-corrected chi connectivity index (χ1v) is 6.19. The molecule has 2 rings (SSSR count). The molecule has 1 aliphatic heterocycles. The minimum atomic E-state index is 0.136. The summed E-state index contributed by atoms with van der Waals surface area (Å²) < 4.78 is 0. The van der Waals surface area contributed by atoms with Gasteiger partial charge < -0.3 is 10.6 Å². The monoisotopic (exact) mass is 238 g/mol. The third-order valence-corrected chi connectivity index (χ3v) is 4.01. The molecule has 2 N–H and O–H groups in total. The Hall–Kier alpha value is -0.570. The van der Waals surface area contributed by atoms with E-state index in [9.17, 15) is 0 Å². The van der Waals surface area contributed by atoms with Crippen LogP contribution in [0.1, 0.15) is 18.4 Å². The van der Waals surface area contributed by atoms with E-state index in [0.29, 0.717) is 6.54 Å². The van der Waals surface area contributed by atoms with Crippen molar-refractivity contribution >= 4 is 11.6 Å². The first-order valence-electron chi connectivity index (χ1n) is 5.81. The van der Waals surface area contributed by atoms with Gasteiger partial charge in [-0.2, -0.15) is 0 Å². The molecular weight excluding hydrogens is 220 g/mol. The summed E-state index contributed by atoms with van der Waals surface area (Å²) in [6, 6.07) is 8.17. The number of nitrogens with two attached hydrogens (primary N) is 1. The minimum Gasteiger partial charge on any atom is -0.330 e. The highest BCUT2D eigenvalue weighted by Gasteiger charge is 2.34. The van der Waals surface area contributed by atoms with Gasteiger partial charge in [0.25, 0.3) is 0 Å². The molecule has 0 saturated carbocycles. The molecule has 0 spiro atoms. The summed E-state index contributed by atoms with van der Waals surface area (Å²) in [4.78, 5) is 2.36. The van der Waals surface area contributed by atoms with Crippen molar-refractivity contribution in [1.82, 2.24) is 4.90 Å². The van der Waals surface area contributed by atoms with Gasteiger partial charge in [0.1, 0.15) is 0 Å². The van der Waals surface area contributed by atoms with E-state index >= 15 is 0 Å². The lowest BCUT2D eigenvalue weighted by Crippen LogP contribution is -2.45. The van der Waals surface area contributed by atoms with Gasteiger partial charge in [0.15, 0.2) is 0 Å². The normalized spacial score (nSPS) is 20.9. The van der Waals surface area contributed by atoms with Gasteiger partial charge in [-0.15, -0.1) is 0 Å². The maximum atomic E-state index is 6.06. The van der Waals surface area contributed by atoms with Gasteiger partial charge in [0, 0.05) is 17.0 Å². The molecule has 0 aromatic heterocycles. The van der Waals surface area contributed by atoms with Gasteiger partial charge in [-0.3, -0.25) is 0 Å². The fourth-order valence-electron chi connectivity index (χ4n) is 2.48. The minimum absolute atomic E-state index is 0.136. The summed E-state index contributed by atoms with van der Waals surface area (Å²) in [5.41, 5.74) is 7.44. The summed E-state index contributed by atoms with van der Waals surface area (Å²) in [5, 5.41) is 0.809. The number of hydrogen-bond donors (Lipinski definition) is 1. The van der Waals surface area contributed by atoms with Crippen LogP contribution in [0.15, 0.2) is 24.3 Å². The van der Waals surface area contributed by atoms with Crippen molar-refractivity contribution in [3.63, 3.8) is 0 Å². The van der Waals surface area contributed by atoms with Crippen LogP contribution in [0.5, 0.6) is 0 Å². The predicted octanol–water partition coefficient (Wildman–Crippen LogP) is 2.26. The quantitative estimate of drug-likeness (QED) is 0.857. The molecule has 16 heavy (non-hydrogen) atoms. The fraction of sp³-hybridized carbons (Fsp3) is 0.538. The maximum Gasteiger partial charge on any atom is 0.0408 e. The molecule has 1 aromatic rings. The van der Waals surface area contributed by atoms with E-state index < -0.39 is 0 Å². The van der Waals surface area contributed by atoms with Gasteiger partial charge in [-0.05, 0) is 50.7 Å². The van der Waals surface area contributed by atoms with Crippen molar-refractivity contribution < 1.29 is 0 Å². The average molecular weight is 239 g/mol. The van der Waals surface area contributed by atoms with E-state index in [2.05, 4.69) is 24.1 Å². The second kappa shape index (κ2) is 4.74. The number of rotatable bonds is 2. The first kappa shape index (κ1) is 11.9. The third-order valence-electron chi connectivity index (χ3n) is 3.77. The Kier molecular flexibility index (Phi) is 3.53. The van der Waals surface area contributed by atoms with Gasteiger partial charge in [-0.1, -0.05) is 23.7 Å². The topological polar surface area (TPSA) is 29.3 Å². The molecule has 1 heterocycles. The molecule has 0 atom stereocenters. The molecule has 1 fully saturated rings. The summed E-state index contributed by atoms with van der Waals surface area (Å²) >= 11 is 6.06. The van der Waals surface area contributed by atoms with Crippen molar-refractivity contribution in [1.29, 1.82) is 0 Å². The van der Waals surface area contributed by atoms with Crippen LogP contribution in [0.3, 0.4) is 0 Å². The molecule has 0 unspecified atom stereocenters. The lowest BCUT2D eigenvalue weighted by Gasteiger charge is -2.40. The van der Waals surface area contributed by atoms with E-state index in [1.54, 1.807) is 0 Å². The van der Waals surface area contributed by atoms with E-state index in [-0.39, 0.29) is 5.41 Å². The van der Waals surface area contributed by atoms with Gasteiger partial charge in [0.05, 0.1) is 0 Å². The van der Waals surface area contributed by atoms with Crippen molar-refractivity contribution in [3.8, 4) is 0 Å². The summed E-state index contributed by atoms with van der Waals surface area (Å²) in [5.74, 6) is 0. The molecule has 3 heteroatoms. The van der Waals surface area contributed by atoms with Crippen molar-refractivity contribution in [2.45, 2.75) is 18.3 Å². The van der Waals surface area contributed by atoms with Crippen LogP contribution in [0.25, 0.3) is 0 Å². The second-order valence-electron chi connectivity index (χ2n) is 4.80. The maximum absolute atomic E-state index is 6.06. The molecule has 0 amide bonds. The molecule has 1 aliphatic rings. The predicted molar refractivity (Wildman–Crippen MR) is 68.9 cm³/mol. The molecule has 0 bridgehead atoms. The van der Waals surface area contributed by atoms with Crippen LogP contribution < -0.4 is 5.73 Å². The Morgan fingerprint density at radius 3 is 2.62 bits per heavy atom. The number of benzene rings is 1. The second-order valence-corrected chi connectivity index (χ2v) is 5.23. The van der Waals surface area contributed by atoms with Crippen LogP contribution in [0.4, 0.5) is 0 Å². The zero-order chi connectivity index (χ0) is 11.6. The number of hydrogen-bond acceptors (Lipinski definition) is 2. The van der Waals surface area contributed by atoms with Crippen LogP contribution in [-0.2, 0) is 5.41 Å². The molecule has 88 valence electrons. The molecule has 0 aliphatic carbocycles. The Labute approximate surface area is 102 Å². The third kappa shape index (κ3) is 2.24. The number of nitrogens with zero attached hydrogens (tertiary/aromatic N) is 1. The van der Waals surface area contributed by atoms with Gasteiger partial charge in [0.2, 0.25) is 0 Å². The molecule has 1 saturated heterocycles. The zero-order valence-electron chi connectivity index (χ0n) is 9.75. The average Bonchev–Trinajstić information content (AvgIpc) is 2.31. The SMILES string of the molecule is CN1CCC(CN)(c2cccc(Cl)c2)CC1. The number of piperidine rings is 1. The number of halogens is 1. The Bertz CT molecular complexity index is 357. The van der Waals surface area contributed by atoms with Crippen molar-refractivity contribution in [3.05, 3.63) is 34.9 Å². The molecule has 2 nitrogen and oxygen atoms in total. The Balaban J connectivity index is 2.28. The molecule has 1 aromatic carbocycles. The Morgan fingerprint density at radius 2 is 2.06 bits per heavy atom. The van der Waals surface area contributed by atoms with Crippen LogP contribution in [-0.4, -0.2) is 31.6 Å². The summed E-state index contributed by atoms with van der Waals surface area (Å²) in [6.45, 7) is 2.94. The van der Waals surface area contributed by atoms with Crippen molar-refractivity contribution in [2.75, 3.05) is 26.7 Å². The van der Waals surface area contributed by atoms with E-state index in [1.165, 1.54) is 5.56 Å². The standard InChI is InChI=1S/C13H19ClN2/c1-16-7-5-13(10-15,6-8-16)11-3-2-4-12(14)9-11/h2-4,9H,5-8,10,15H2,1H3. The lowest BCUT2D eigenvalue weighted by atomic mass is 9.73. The largest absolute Gasteiger partial charge is 0.330 e. The first-order chi connectivity index (χ1) is 7.66. The highest BCUT2D eigenvalue weighted by Crippen LogP contribution is 2.35. The fourth-order valence-corrected chi connectivity index (χ4v) is 2.67. The lowest BCUT2D eigenvalue weighted by molar-refractivity contribution is 0.191. The van der Waals surface area contributed by atoms with E-state index in [0.717, 1.165) is 31.0 Å².